The normalized spacial score (nSPS) is 27.8. The van der Waals surface area contributed by atoms with Crippen LogP contribution in [0, 0.1) is 5.92 Å². The highest BCUT2D eigenvalue weighted by Gasteiger charge is 2.33. The lowest BCUT2D eigenvalue weighted by atomic mass is 9.77. The zero-order chi connectivity index (χ0) is 13.0. The van der Waals surface area contributed by atoms with Gasteiger partial charge in [0.1, 0.15) is 5.82 Å². The fourth-order valence-electron chi connectivity index (χ4n) is 2.47. The maximum Gasteiger partial charge on any atom is 0.233 e. The zero-order valence-electron chi connectivity index (χ0n) is 11.1. The molecule has 2 rings (SSSR count). The Balaban J connectivity index is 2.09. The van der Waals surface area contributed by atoms with Gasteiger partial charge >= 0.3 is 0 Å². The van der Waals surface area contributed by atoms with Crippen LogP contribution in [0.25, 0.3) is 0 Å². The Labute approximate surface area is 108 Å². The summed E-state index contributed by atoms with van der Waals surface area (Å²) in [6.07, 6.45) is 7.91. The Bertz CT molecular complexity index is 388. The highest BCUT2D eigenvalue weighted by molar-refractivity contribution is 5.37. The second kappa shape index (κ2) is 5.52. The van der Waals surface area contributed by atoms with Crippen LogP contribution in [0.2, 0.25) is 0 Å². The van der Waals surface area contributed by atoms with Gasteiger partial charge in [-0.15, -0.1) is 0 Å². The molecule has 3 N–H and O–H groups in total. The van der Waals surface area contributed by atoms with Crippen molar-refractivity contribution in [2.24, 2.45) is 11.7 Å². The third-order valence-electron chi connectivity index (χ3n) is 3.84. The van der Waals surface area contributed by atoms with Gasteiger partial charge in [-0.2, -0.15) is 4.98 Å². The molecule has 0 spiro atoms. The molecule has 0 amide bonds. The van der Waals surface area contributed by atoms with Crippen LogP contribution in [0.3, 0.4) is 0 Å². The summed E-state index contributed by atoms with van der Waals surface area (Å²) in [6, 6.07) is 0. The Morgan fingerprint density at radius 3 is 2.78 bits per heavy atom. The van der Waals surface area contributed by atoms with Crippen molar-refractivity contribution in [3.05, 3.63) is 12.4 Å². The lowest BCUT2D eigenvalue weighted by molar-refractivity contribution is 0.271. The first-order chi connectivity index (χ1) is 8.67. The smallest absolute Gasteiger partial charge is 0.233 e. The van der Waals surface area contributed by atoms with Gasteiger partial charge in [-0.05, 0) is 31.6 Å². The van der Waals surface area contributed by atoms with E-state index in [2.05, 4.69) is 22.2 Å². The number of nitrogens with zero attached hydrogens (tertiary/aromatic N) is 2. The molecular formula is C13H22N4O. The van der Waals surface area contributed by atoms with Crippen molar-refractivity contribution in [2.75, 3.05) is 19.0 Å². The number of ether oxygens (including phenoxy) is 1. The first-order valence-corrected chi connectivity index (χ1v) is 6.52. The molecule has 5 heteroatoms. The molecule has 100 valence electrons. The summed E-state index contributed by atoms with van der Waals surface area (Å²) in [5.74, 6) is 2.06. The third kappa shape index (κ3) is 2.90. The molecule has 1 aliphatic rings. The van der Waals surface area contributed by atoms with E-state index in [-0.39, 0.29) is 5.54 Å². The van der Waals surface area contributed by atoms with Crippen molar-refractivity contribution in [3.8, 4) is 5.88 Å². The molecule has 1 aromatic heterocycles. The second-order valence-corrected chi connectivity index (χ2v) is 5.24. The number of nitrogens with two attached hydrogens (primary N) is 1. The lowest BCUT2D eigenvalue weighted by Gasteiger charge is -2.39. The van der Waals surface area contributed by atoms with Gasteiger partial charge < -0.3 is 15.8 Å². The van der Waals surface area contributed by atoms with Crippen LogP contribution < -0.4 is 15.8 Å². The molecule has 0 aliphatic heterocycles. The predicted molar refractivity (Wildman–Crippen MR) is 71.6 cm³/mol. The van der Waals surface area contributed by atoms with Crippen molar-refractivity contribution in [3.63, 3.8) is 0 Å². The zero-order valence-corrected chi connectivity index (χ0v) is 11.1. The summed E-state index contributed by atoms with van der Waals surface area (Å²) < 4.78 is 5.08. The molecule has 0 unspecified atom stereocenters. The van der Waals surface area contributed by atoms with Crippen LogP contribution >= 0.6 is 0 Å². The minimum Gasteiger partial charge on any atom is -0.480 e. The Kier molecular flexibility index (Phi) is 4.01. The van der Waals surface area contributed by atoms with E-state index in [1.807, 2.05) is 0 Å². The number of nitrogens with one attached hydrogen (secondary N) is 1. The highest BCUT2D eigenvalue weighted by Crippen LogP contribution is 2.33. The van der Waals surface area contributed by atoms with E-state index < -0.39 is 0 Å². The maximum atomic E-state index is 5.96. The van der Waals surface area contributed by atoms with E-state index in [1.165, 1.54) is 12.8 Å². The molecule has 0 bridgehead atoms. The van der Waals surface area contributed by atoms with Gasteiger partial charge in [0.25, 0.3) is 0 Å². The minimum atomic E-state index is -0.0342. The van der Waals surface area contributed by atoms with Crippen molar-refractivity contribution in [1.82, 2.24) is 9.97 Å². The molecule has 18 heavy (non-hydrogen) atoms. The van der Waals surface area contributed by atoms with E-state index in [9.17, 15) is 0 Å². The van der Waals surface area contributed by atoms with E-state index in [0.717, 1.165) is 24.6 Å². The lowest BCUT2D eigenvalue weighted by Crippen LogP contribution is -2.48. The molecule has 1 heterocycles. The molecule has 1 aromatic rings. The molecule has 0 atom stereocenters. The Morgan fingerprint density at radius 1 is 1.44 bits per heavy atom. The standard InChI is InChI=1S/C13H22N4O/c1-10-3-5-13(9-14,6-4-10)17-11-7-15-8-12(16-11)18-2/h7-8,10H,3-6,9,14H2,1-2H3,(H,16,17). The number of methoxy groups -OCH3 is 1. The van der Waals surface area contributed by atoms with Crippen molar-refractivity contribution in [2.45, 2.75) is 38.1 Å². The molecule has 0 saturated heterocycles. The number of hydrogen-bond donors (Lipinski definition) is 2. The fourth-order valence-corrected chi connectivity index (χ4v) is 2.47. The van der Waals surface area contributed by atoms with Crippen LogP contribution in [-0.2, 0) is 0 Å². The molecule has 1 saturated carbocycles. The first-order valence-electron chi connectivity index (χ1n) is 6.52. The second-order valence-electron chi connectivity index (χ2n) is 5.24. The highest BCUT2D eigenvalue weighted by atomic mass is 16.5. The SMILES string of the molecule is COc1cncc(NC2(CN)CCC(C)CC2)n1. The Hall–Kier alpha value is -1.36. The topological polar surface area (TPSA) is 73.1 Å². The number of hydrogen-bond acceptors (Lipinski definition) is 5. The van der Waals surface area contributed by atoms with Crippen LogP contribution in [-0.4, -0.2) is 29.2 Å². The van der Waals surface area contributed by atoms with E-state index >= 15 is 0 Å². The molecule has 0 aromatic carbocycles. The van der Waals surface area contributed by atoms with Gasteiger partial charge in [0, 0.05) is 6.54 Å². The number of aromatic nitrogens is 2. The summed E-state index contributed by atoms with van der Waals surface area (Å²) in [5, 5.41) is 3.46. The van der Waals surface area contributed by atoms with Crippen LogP contribution in [0.4, 0.5) is 5.82 Å². The summed E-state index contributed by atoms with van der Waals surface area (Å²) in [6.45, 7) is 2.92. The van der Waals surface area contributed by atoms with E-state index in [4.69, 9.17) is 10.5 Å². The molecule has 1 aliphatic carbocycles. The van der Waals surface area contributed by atoms with Gasteiger partial charge in [0.2, 0.25) is 5.88 Å². The van der Waals surface area contributed by atoms with Gasteiger partial charge in [-0.1, -0.05) is 6.92 Å². The van der Waals surface area contributed by atoms with Crippen molar-refractivity contribution >= 4 is 5.82 Å². The Morgan fingerprint density at radius 2 is 2.17 bits per heavy atom. The molecular weight excluding hydrogens is 228 g/mol. The van der Waals surface area contributed by atoms with Crippen molar-refractivity contribution in [1.29, 1.82) is 0 Å². The largest absolute Gasteiger partial charge is 0.480 e. The average Bonchev–Trinajstić information content (AvgIpc) is 2.42. The van der Waals surface area contributed by atoms with Gasteiger partial charge in [-0.3, -0.25) is 4.98 Å². The maximum absolute atomic E-state index is 5.96. The average molecular weight is 250 g/mol. The van der Waals surface area contributed by atoms with Crippen molar-refractivity contribution < 1.29 is 4.74 Å². The van der Waals surface area contributed by atoms with Gasteiger partial charge in [0.05, 0.1) is 25.0 Å². The summed E-state index contributed by atoms with van der Waals surface area (Å²) in [4.78, 5) is 8.46. The van der Waals surface area contributed by atoms with Crippen LogP contribution in [0.1, 0.15) is 32.6 Å². The fraction of sp³-hybridized carbons (Fsp3) is 0.692. The van der Waals surface area contributed by atoms with E-state index in [0.29, 0.717) is 12.4 Å². The predicted octanol–water partition coefficient (Wildman–Crippen LogP) is 1.80. The first kappa shape index (κ1) is 13.1. The van der Waals surface area contributed by atoms with E-state index in [1.54, 1.807) is 19.5 Å². The number of anilines is 1. The van der Waals surface area contributed by atoms with Gasteiger partial charge in [0.15, 0.2) is 0 Å². The summed E-state index contributed by atoms with van der Waals surface area (Å²) in [5.41, 5.74) is 5.93. The molecule has 1 fully saturated rings. The summed E-state index contributed by atoms with van der Waals surface area (Å²) in [7, 11) is 1.59. The van der Waals surface area contributed by atoms with Crippen LogP contribution in [0.15, 0.2) is 12.4 Å². The summed E-state index contributed by atoms with van der Waals surface area (Å²) >= 11 is 0. The molecule has 5 nitrogen and oxygen atoms in total. The minimum absolute atomic E-state index is 0.0342. The quantitative estimate of drug-likeness (QED) is 0.852. The number of rotatable bonds is 4. The van der Waals surface area contributed by atoms with Crippen LogP contribution in [0.5, 0.6) is 5.88 Å². The molecule has 0 radical (unpaired) electrons. The monoisotopic (exact) mass is 250 g/mol. The van der Waals surface area contributed by atoms with Gasteiger partial charge in [-0.25, -0.2) is 0 Å². The third-order valence-corrected chi connectivity index (χ3v) is 3.84.